The number of carbonyl (C=O) groups is 2. The lowest BCUT2D eigenvalue weighted by atomic mass is 10.1. The van der Waals surface area contributed by atoms with Gasteiger partial charge in [0.15, 0.2) is 6.61 Å². The molecular weight excluding hydrogens is 377 g/mol. The van der Waals surface area contributed by atoms with Crippen molar-refractivity contribution in [2.75, 3.05) is 13.2 Å². The summed E-state index contributed by atoms with van der Waals surface area (Å²) >= 11 is 7.44. The summed E-state index contributed by atoms with van der Waals surface area (Å²) < 4.78 is 18.7. The van der Waals surface area contributed by atoms with E-state index in [9.17, 15) is 14.0 Å². The maximum atomic E-state index is 12.8. The van der Waals surface area contributed by atoms with Crippen molar-refractivity contribution in [1.82, 2.24) is 5.32 Å². The van der Waals surface area contributed by atoms with Gasteiger partial charge in [0.05, 0.1) is 5.02 Å². The van der Waals surface area contributed by atoms with E-state index in [1.165, 1.54) is 23.5 Å². The number of halogens is 2. The third-order valence-corrected chi connectivity index (χ3v) is 5.36. The van der Waals surface area contributed by atoms with E-state index in [-0.39, 0.29) is 17.3 Å². The van der Waals surface area contributed by atoms with Crippen LogP contribution in [0.25, 0.3) is 10.1 Å². The number of rotatable bonds is 6. The molecule has 134 valence electrons. The molecular formula is C19H15ClFNO3S. The molecule has 1 aromatic heterocycles. The zero-order chi connectivity index (χ0) is 18.5. The van der Waals surface area contributed by atoms with E-state index < -0.39 is 11.9 Å². The molecule has 0 bridgehead atoms. The summed E-state index contributed by atoms with van der Waals surface area (Å²) in [6.45, 7) is -0.0154. The van der Waals surface area contributed by atoms with Crippen LogP contribution in [0.1, 0.15) is 15.2 Å². The molecule has 3 aromatic rings. The summed E-state index contributed by atoms with van der Waals surface area (Å²) in [5, 5.41) is 3.78. The Morgan fingerprint density at radius 2 is 1.85 bits per heavy atom. The lowest BCUT2D eigenvalue weighted by Crippen LogP contribution is -2.30. The normalized spacial score (nSPS) is 10.7. The number of hydrogen-bond acceptors (Lipinski definition) is 4. The highest BCUT2D eigenvalue weighted by atomic mass is 35.5. The van der Waals surface area contributed by atoms with Crippen LogP contribution < -0.4 is 5.32 Å². The Hall–Kier alpha value is -2.44. The topological polar surface area (TPSA) is 55.4 Å². The minimum Gasteiger partial charge on any atom is -0.451 e. The molecule has 0 atom stereocenters. The van der Waals surface area contributed by atoms with Gasteiger partial charge in [-0.3, -0.25) is 4.79 Å². The first-order valence-corrected chi connectivity index (χ1v) is 9.09. The number of thiophene rings is 1. The van der Waals surface area contributed by atoms with Crippen molar-refractivity contribution in [3.63, 3.8) is 0 Å². The number of hydrogen-bond donors (Lipinski definition) is 1. The van der Waals surface area contributed by atoms with Gasteiger partial charge in [-0.1, -0.05) is 41.9 Å². The van der Waals surface area contributed by atoms with E-state index in [0.717, 1.165) is 15.6 Å². The van der Waals surface area contributed by atoms with E-state index in [2.05, 4.69) is 5.32 Å². The van der Waals surface area contributed by atoms with Gasteiger partial charge < -0.3 is 10.1 Å². The fourth-order valence-electron chi connectivity index (χ4n) is 2.39. The Kier molecular flexibility index (Phi) is 5.85. The summed E-state index contributed by atoms with van der Waals surface area (Å²) in [6, 6.07) is 13.4. The lowest BCUT2D eigenvalue weighted by molar-refractivity contribution is -0.124. The molecule has 7 heteroatoms. The first kappa shape index (κ1) is 18.4. The highest BCUT2D eigenvalue weighted by molar-refractivity contribution is 7.21. The van der Waals surface area contributed by atoms with Crippen molar-refractivity contribution in [3.05, 3.63) is 69.8 Å². The Morgan fingerprint density at radius 3 is 2.58 bits per heavy atom. The smallest absolute Gasteiger partial charge is 0.350 e. The largest absolute Gasteiger partial charge is 0.451 e. The molecule has 1 heterocycles. The molecule has 0 saturated heterocycles. The summed E-state index contributed by atoms with van der Waals surface area (Å²) in [5.74, 6) is -1.33. The molecule has 0 aliphatic carbocycles. The maximum absolute atomic E-state index is 12.8. The average Bonchev–Trinajstić information content (AvgIpc) is 2.98. The molecule has 2 aromatic carbocycles. The highest BCUT2D eigenvalue weighted by Gasteiger charge is 2.19. The molecule has 0 fully saturated rings. The fourth-order valence-corrected chi connectivity index (χ4v) is 3.79. The number of carbonyl (C=O) groups excluding carboxylic acids is 2. The molecule has 0 unspecified atom stereocenters. The van der Waals surface area contributed by atoms with Crippen LogP contribution in [-0.4, -0.2) is 25.0 Å². The molecule has 0 aliphatic heterocycles. The highest BCUT2D eigenvalue weighted by Crippen LogP contribution is 2.35. The van der Waals surface area contributed by atoms with Gasteiger partial charge in [-0.25, -0.2) is 9.18 Å². The maximum Gasteiger partial charge on any atom is 0.350 e. The summed E-state index contributed by atoms with van der Waals surface area (Å²) in [5.41, 5.74) is 0.903. The standard InChI is InChI=1S/C19H15ClFNO3S/c20-17-14-3-1-2-4-15(14)26-18(17)19(24)25-11-16(23)22-10-9-12-5-7-13(21)8-6-12/h1-8H,9-11H2,(H,22,23). The van der Waals surface area contributed by atoms with Crippen LogP contribution in [0.4, 0.5) is 4.39 Å². The third-order valence-electron chi connectivity index (χ3n) is 3.70. The second-order valence-electron chi connectivity index (χ2n) is 5.54. The van der Waals surface area contributed by atoms with Gasteiger partial charge in [0.2, 0.25) is 0 Å². The molecule has 0 aliphatic rings. The number of ether oxygens (including phenoxy) is 1. The molecule has 0 spiro atoms. The first-order chi connectivity index (χ1) is 12.5. The van der Waals surface area contributed by atoms with E-state index >= 15 is 0 Å². The van der Waals surface area contributed by atoms with Crippen LogP contribution in [-0.2, 0) is 16.0 Å². The van der Waals surface area contributed by atoms with Crippen LogP contribution in [0.15, 0.2) is 48.5 Å². The quantitative estimate of drug-likeness (QED) is 0.640. The molecule has 3 rings (SSSR count). The van der Waals surface area contributed by atoms with Crippen molar-refractivity contribution >= 4 is 44.9 Å². The van der Waals surface area contributed by atoms with Gasteiger partial charge in [0.1, 0.15) is 10.7 Å². The summed E-state index contributed by atoms with van der Waals surface area (Å²) in [6.07, 6.45) is 0.558. The minimum absolute atomic E-state index is 0.284. The zero-order valence-electron chi connectivity index (χ0n) is 13.6. The van der Waals surface area contributed by atoms with Crippen LogP contribution in [0.3, 0.4) is 0 Å². The van der Waals surface area contributed by atoms with Gasteiger partial charge in [-0.15, -0.1) is 11.3 Å². The number of benzene rings is 2. The Balaban J connectivity index is 1.48. The Bertz CT molecular complexity index is 940. The molecule has 4 nitrogen and oxygen atoms in total. The van der Waals surface area contributed by atoms with E-state index in [4.69, 9.17) is 16.3 Å². The molecule has 0 radical (unpaired) electrons. The van der Waals surface area contributed by atoms with E-state index in [1.807, 2.05) is 24.3 Å². The zero-order valence-corrected chi connectivity index (χ0v) is 15.2. The minimum atomic E-state index is -0.620. The van der Waals surface area contributed by atoms with Gasteiger partial charge >= 0.3 is 5.97 Å². The van der Waals surface area contributed by atoms with Crippen molar-refractivity contribution in [2.45, 2.75) is 6.42 Å². The van der Waals surface area contributed by atoms with Crippen molar-refractivity contribution in [2.24, 2.45) is 0 Å². The molecule has 0 saturated carbocycles. The van der Waals surface area contributed by atoms with Gasteiger partial charge in [0, 0.05) is 16.6 Å². The average molecular weight is 392 g/mol. The first-order valence-electron chi connectivity index (χ1n) is 7.90. The van der Waals surface area contributed by atoms with Crippen LogP contribution in [0.5, 0.6) is 0 Å². The monoisotopic (exact) mass is 391 g/mol. The second kappa shape index (κ2) is 8.29. The van der Waals surface area contributed by atoms with Crippen molar-refractivity contribution in [3.8, 4) is 0 Å². The van der Waals surface area contributed by atoms with Crippen molar-refractivity contribution in [1.29, 1.82) is 0 Å². The third kappa shape index (κ3) is 4.39. The predicted octanol–water partition coefficient (Wildman–Crippen LogP) is 4.21. The summed E-state index contributed by atoms with van der Waals surface area (Å²) in [4.78, 5) is 24.2. The summed E-state index contributed by atoms with van der Waals surface area (Å²) in [7, 11) is 0. The molecule has 1 N–H and O–H groups in total. The Morgan fingerprint density at radius 1 is 1.12 bits per heavy atom. The SMILES string of the molecule is O=C(COC(=O)c1sc2ccccc2c1Cl)NCCc1ccc(F)cc1. The van der Waals surface area contributed by atoms with Gasteiger partial charge in [-0.05, 0) is 30.2 Å². The fraction of sp³-hybridized carbons (Fsp3) is 0.158. The molecule has 1 amide bonds. The van der Waals surface area contributed by atoms with E-state index in [1.54, 1.807) is 12.1 Å². The second-order valence-corrected chi connectivity index (χ2v) is 6.97. The van der Waals surface area contributed by atoms with Crippen LogP contribution in [0.2, 0.25) is 5.02 Å². The Labute approximate surface area is 158 Å². The van der Waals surface area contributed by atoms with E-state index in [0.29, 0.717) is 18.0 Å². The number of fused-ring (bicyclic) bond motifs is 1. The van der Waals surface area contributed by atoms with Crippen LogP contribution >= 0.6 is 22.9 Å². The van der Waals surface area contributed by atoms with Crippen LogP contribution in [0, 0.1) is 5.82 Å². The van der Waals surface area contributed by atoms with Crippen molar-refractivity contribution < 1.29 is 18.7 Å². The predicted molar refractivity (Wildman–Crippen MR) is 100 cm³/mol. The number of esters is 1. The number of nitrogens with one attached hydrogen (secondary N) is 1. The van der Waals surface area contributed by atoms with Gasteiger partial charge in [-0.2, -0.15) is 0 Å². The lowest BCUT2D eigenvalue weighted by Gasteiger charge is -2.06. The number of amides is 1. The van der Waals surface area contributed by atoms with Gasteiger partial charge in [0.25, 0.3) is 5.91 Å². The molecule has 26 heavy (non-hydrogen) atoms.